The van der Waals surface area contributed by atoms with E-state index >= 15 is 0 Å². The first-order valence-corrected chi connectivity index (χ1v) is 7.16. The number of phenols is 1. The van der Waals surface area contributed by atoms with E-state index in [1.54, 1.807) is 24.3 Å². The molecular formula is C17H11N3O2S. The zero-order valence-corrected chi connectivity index (χ0v) is 12.6. The van der Waals surface area contributed by atoms with Crippen molar-refractivity contribution < 1.29 is 5.11 Å². The Morgan fingerprint density at radius 1 is 1.00 bits per heavy atom. The molecule has 0 bridgehead atoms. The number of para-hydroxylation sites is 1. The van der Waals surface area contributed by atoms with E-state index in [1.165, 1.54) is 0 Å². The van der Waals surface area contributed by atoms with Crippen LogP contribution in [0.2, 0.25) is 0 Å². The lowest BCUT2D eigenvalue weighted by Gasteiger charge is -2.07. The van der Waals surface area contributed by atoms with E-state index in [0.717, 1.165) is 5.56 Å². The topological polar surface area (TPSA) is 92.7 Å². The molecule has 0 fully saturated rings. The number of nitrogens with zero attached hydrogens (tertiary/aromatic N) is 1. The third kappa shape index (κ3) is 2.78. The van der Waals surface area contributed by atoms with Crippen LogP contribution in [0.3, 0.4) is 0 Å². The zero-order valence-electron chi connectivity index (χ0n) is 11.8. The number of phenolic OH excluding ortho intramolecular Hbond substituents is 1. The molecule has 0 spiro atoms. The van der Waals surface area contributed by atoms with Crippen LogP contribution in [-0.2, 0) is 0 Å². The highest BCUT2D eigenvalue weighted by atomic mass is 32.1. The third-order valence-corrected chi connectivity index (χ3v) is 3.65. The predicted molar refractivity (Wildman–Crippen MR) is 89.5 cm³/mol. The third-order valence-electron chi connectivity index (χ3n) is 3.44. The Balaban J connectivity index is 2.12. The van der Waals surface area contributed by atoms with E-state index in [2.05, 4.69) is 9.97 Å². The standard InChI is InChI=1S/C17H11N3O2S/c18-9-13-15(19-17(23)20-16(13)22)11-7-5-10(6-8-11)12-3-1-2-4-14(12)21/h1-8,21H,(H2,19,20,22,23). The van der Waals surface area contributed by atoms with Gasteiger partial charge in [-0.2, -0.15) is 5.26 Å². The van der Waals surface area contributed by atoms with Crippen molar-refractivity contribution in [1.29, 1.82) is 5.26 Å². The van der Waals surface area contributed by atoms with E-state index in [1.807, 2.05) is 30.3 Å². The lowest BCUT2D eigenvalue weighted by Crippen LogP contribution is -2.13. The molecule has 0 amide bonds. The van der Waals surface area contributed by atoms with Crippen LogP contribution in [0.4, 0.5) is 0 Å². The maximum atomic E-state index is 11.8. The molecule has 0 aliphatic heterocycles. The van der Waals surface area contributed by atoms with Crippen LogP contribution in [-0.4, -0.2) is 15.1 Å². The SMILES string of the molecule is N#Cc1c(-c2ccc(-c3ccccc3O)cc2)[nH]c(=S)[nH]c1=O. The molecule has 0 atom stereocenters. The number of nitriles is 1. The fraction of sp³-hybridized carbons (Fsp3) is 0. The minimum Gasteiger partial charge on any atom is -0.507 e. The van der Waals surface area contributed by atoms with Gasteiger partial charge in [0.15, 0.2) is 4.77 Å². The Bertz CT molecular complexity index is 1030. The van der Waals surface area contributed by atoms with Crippen molar-refractivity contribution in [3.63, 3.8) is 0 Å². The molecule has 1 aromatic heterocycles. The summed E-state index contributed by atoms with van der Waals surface area (Å²) in [6.45, 7) is 0. The number of rotatable bonds is 2. The van der Waals surface area contributed by atoms with Crippen molar-refractivity contribution in [2.24, 2.45) is 0 Å². The molecule has 0 aliphatic carbocycles. The normalized spacial score (nSPS) is 10.2. The molecule has 5 nitrogen and oxygen atoms in total. The maximum Gasteiger partial charge on any atom is 0.270 e. The van der Waals surface area contributed by atoms with Gasteiger partial charge < -0.3 is 10.1 Å². The summed E-state index contributed by atoms with van der Waals surface area (Å²) in [5, 5.41) is 19.1. The van der Waals surface area contributed by atoms with Gasteiger partial charge in [0, 0.05) is 5.56 Å². The summed E-state index contributed by atoms with van der Waals surface area (Å²) in [5.41, 5.74) is 2.04. The average molecular weight is 321 g/mol. The molecule has 0 unspecified atom stereocenters. The fourth-order valence-electron chi connectivity index (χ4n) is 2.34. The molecule has 6 heteroatoms. The Morgan fingerprint density at radius 2 is 1.65 bits per heavy atom. The largest absolute Gasteiger partial charge is 0.507 e. The Hall–Kier alpha value is -3.17. The summed E-state index contributed by atoms with van der Waals surface area (Å²) < 4.78 is 0.161. The number of aromatic nitrogens is 2. The first-order valence-electron chi connectivity index (χ1n) is 6.75. The zero-order chi connectivity index (χ0) is 16.4. The second-order valence-electron chi connectivity index (χ2n) is 4.86. The second kappa shape index (κ2) is 5.91. The van der Waals surface area contributed by atoms with E-state index in [0.29, 0.717) is 16.8 Å². The average Bonchev–Trinajstić information content (AvgIpc) is 2.55. The minimum atomic E-state index is -0.518. The summed E-state index contributed by atoms with van der Waals surface area (Å²) in [5.74, 6) is 0.188. The maximum absolute atomic E-state index is 11.8. The van der Waals surface area contributed by atoms with Crippen molar-refractivity contribution in [2.75, 3.05) is 0 Å². The van der Waals surface area contributed by atoms with Crippen molar-refractivity contribution in [3.05, 3.63) is 69.2 Å². The summed E-state index contributed by atoms with van der Waals surface area (Å²) in [4.78, 5) is 17.0. The van der Waals surface area contributed by atoms with Gasteiger partial charge in [0.2, 0.25) is 0 Å². The molecule has 112 valence electrons. The number of benzene rings is 2. The summed E-state index contributed by atoms with van der Waals surface area (Å²) in [6.07, 6.45) is 0. The van der Waals surface area contributed by atoms with Crippen LogP contribution in [0.25, 0.3) is 22.4 Å². The minimum absolute atomic E-state index is 0.0195. The molecule has 0 radical (unpaired) electrons. The van der Waals surface area contributed by atoms with E-state index in [9.17, 15) is 9.90 Å². The number of hydrogen-bond acceptors (Lipinski definition) is 4. The summed E-state index contributed by atoms with van der Waals surface area (Å²) >= 11 is 4.96. The molecule has 0 saturated carbocycles. The van der Waals surface area contributed by atoms with Crippen LogP contribution >= 0.6 is 12.2 Å². The highest BCUT2D eigenvalue weighted by Crippen LogP contribution is 2.30. The van der Waals surface area contributed by atoms with Crippen molar-refractivity contribution in [1.82, 2.24) is 9.97 Å². The number of aromatic amines is 2. The second-order valence-corrected chi connectivity index (χ2v) is 5.27. The predicted octanol–water partition coefficient (Wildman–Crippen LogP) is 3.34. The number of aromatic hydroxyl groups is 1. The van der Waals surface area contributed by atoms with Gasteiger partial charge in [0.1, 0.15) is 17.4 Å². The van der Waals surface area contributed by atoms with Crippen molar-refractivity contribution in [2.45, 2.75) is 0 Å². The fourth-order valence-corrected chi connectivity index (χ4v) is 2.54. The summed E-state index contributed by atoms with van der Waals surface area (Å²) in [6, 6.07) is 16.1. The quantitative estimate of drug-likeness (QED) is 0.631. The van der Waals surface area contributed by atoms with Crippen LogP contribution in [0.1, 0.15) is 5.56 Å². The molecule has 0 saturated heterocycles. The van der Waals surface area contributed by atoms with Crippen LogP contribution < -0.4 is 5.56 Å². The first kappa shape index (κ1) is 14.8. The van der Waals surface area contributed by atoms with Gasteiger partial charge in [-0.3, -0.25) is 9.78 Å². The van der Waals surface area contributed by atoms with Crippen LogP contribution in [0.5, 0.6) is 5.75 Å². The van der Waals surface area contributed by atoms with Gasteiger partial charge in [-0.05, 0) is 29.4 Å². The smallest absolute Gasteiger partial charge is 0.270 e. The number of H-pyrrole nitrogens is 2. The Labute approximate surface area is 136 Å². The highest BCUT2D eigenvalue weighted by molar-refractivity contribution is 7.71. The number of nitrogens with one attached hydrogen (secondary N) is 2. The van der Waals surface area contributed by atoms with E-state index in [-0.39, 0.29) is 16.1 Å². The van der Waals surface area contributed by atoms with Gasteiger partial charge in [0.25, 0.3) is 5.56 Å². The molecule has 3 N–H and O–H groups in total. The van der Waals surface area contributed by atoms with Gasteiger partial charge >= 0.3 is 0 Å². The van der Waals surface area contributed by atoms with Gasteiger partial charge in [-0.1, -0.05) is 42.5 Å². The Kier molecular flexibility index (Phi) is 3.79. The number of hydrogen-bond donors (Lipinski definition) is 3. The highest BCUT2D eigenvalue weighted by Gasteiger charge is 2.11. The molecule has 1 heterocycles. The van der Waals surface area contributed by atoms with Gasteiger partial charge in [-0.25, -0.2) is 0 Å². The van der Waals surface area contributed by atoms with E-state index in [4.69, 9.17) is 17.5 Å². The Morgan fingerprint density at radius 3 is 2.30 bits per heavy atom. The lowest BCUT2D eigenvalue weighted by atomic mass is 10.0. The molecule has 23 heavy (non-hydrogen) atoms. The molecule has 3 aromatic rings. The van der Waals surface area contributed by atoms with Crippen molar-refractivity contribution >= 4 is 12.2 Å². The monoisotopic (exact) mass is 321 g/mol. The molecular weight excluding hydrogens is 310 g/mol. The van der Waals surface area contributed by atoms with Crippen molar-refractivity contribution in [3.8, 4) is 34.2 Å². The lowest BCUT2D eigenvalue weighted by molar-refractivity contribution is 0.477. The molecule has 0 aliphatic rings. The first-order chi connectivity index (χ1) is 11.1. The van der Waals surface area contributed by atoms with Gasteiger partial charge in [-0.15, -0.1) is 0 Å². The molecule has 2 aromatic carbocycles. The van der Waals surface area contributed by atoms with Gasteiger partial charge in [0.05, 0.1) is 5.69 Å². The summed E-state index contributed by atoms with van der Waals surface area (Å²) in [7, 11) is 0. The van der Waals surface area contributed by atoms with E-state index < -0.39 is 5.56 Å². The van der Waals surface area contributed by atoms with Crippen LogP contribution in [0.15, 0.2) is 53.3 Å². The van der Waals surface area contributed by atoms with Crippen LogP contribution in [0, 0.1) is 16.1 Å². The molecule has 3 rings (SSSR count).